The fraction of sp³-hybridized carbons (Fsp3) is 0.429. The van der Waals surface area contributed by atoms with Crippen molar-refractivity contribution in [2.45, 2.75) is 47.2 Å². The molecule has 0 fully saturated rings. The summed E-state index contributed by atoms with van der Waals surface area (Å²) in [5.41, 5.74) is 3.84. The Morgan fingerprint density at radius 2 is 2.00 bits per heavy atom. The minimum atomic E-state index is -0.260. The maximum absolute atomic E-state index is 13.5. The molecule has 0 aliphatic rings. The Morgan fingerprint density at radius 1 is 1.21 bits per heavy atom. The number of aliphatic imine (C=N–C) groups is 1. The molecule has 0 bridgehead atoms. The van der Waals surface area contributed by atoms with Gasteiger partial charge in [0, 0.05) is 36.3 Å². The lowest BCUT2D eigenvalue weighted by molar-refractivity contribution is 0.544. The fourth-order valence-corrected chi connectivity index (χ4v) is 3.22. The van der Waals surface area contributed by atoms with Gasteiger partial charge in [-0.3, -0.25) is 4.68 Å². The number of furan rings is 1. The van der Waals surface area contributed by atoms with Gasteiger partial charge in [-0.2, -0.15) is 5.10 Å². The van der Waals surface area contributed by atoms with Crippen LogP contribution in [0.3, 0.4) is 0 Å². The zero-order chi connectivity index (χ0) is 20.1. The van der Waals surface area contributed by atoms with Gasteiger partial charge >= 0.3 is 0 Å². The first kappa shape index (κ1) is 23.2. The molecule has 2 N–H and O–H groups in total. The second-order valence-electron chi connectivity index (χ2n) is 6.92. The average molecular weight is 513 g/mol. The van der Waals surface area contributed by atoms with Gasteiger partial charge in [0.2, 0.25) is 0 Å². The van der Waals surface area contributed by atoms with Crippen LogP contribution in [0.15, 0.2) is 33.7 Å². The molecule has 3 aromatic rings. The second kappa shape index (κ2) is 10.6. The van der Waals surface area contributed by atoms with E-state index in [0.29, 0.717) is 12.1 Å². The number of aromatic nitrogens is 2. The maximum atomic E-state index is 13.5. The van der Waals surface area contributed by atoms with Crippen LogP contribution in [0.1, 0.15) is 36.1 Å². The van der Waals surface area contributed by atoms with Crippen LogP contribution in [0.25, 0.3) is 11.0 Å². The normalized spacial score (nSPS) is 11.6. The fourth-order valence-electron chi connectivity index (χ4n) is 3.22. The van der Waals surface area contributed by atoms with Gasteiger partial charge in [0.1, 0.15) is 23.7 Å². The summed E-state index contributed by atoms with van der Waals surface area (Å²) in [6, 6.07) is 6.66. The van der Waals surface area contributed by atoms with Crippen LogP contribution >= 0.6 is 24.0 Å². The maximum Gasteiger partial charge on any atom is 0.191 e. The van der Waals surface area contributed by atoms with Crippen molar-refractivity contribution < 1.29 is 8.81 Å². The third kappa shape index (κ3) is 5.94. The molecule has 2 aromatic heterocycles. The molecular formula is C21H29FIN5O. The molecule has 0 radical (unpaired) electrons. The Labute approximate surface area is 188 Å². The summed E-state index contributed by atoms with van der Waals surface area (Å²) >= 11 is 0. The number of guanidine groups is 1. The topological polar surface area (TPSA) is 67.4 Å². The van der Waals surface area contributed by atoms with Crippen LogP contribution in [0.5, 0.6) is 0 Å². The Kier molecular flexibility index (Phi) is 8.48. The summed E-state index contributed by atoms with van der Waals surface area (Å²) in [6.45, 7) is 10.9. The van der Waals surface area contributed by atoms with Crippen molar-refractivity contribution in [2.75, 3.05) is 13.1 Å². The quantitative estimate of drug-likeness (QED) is 0.212. The monoisotopic (exact) mass is 513 g/mol. The lowest BCUT2D eigenvalue weighted by Gasteiger charge is -2.11. The lowest BCUT2D eigenvalue weighted by atomic mass is 10.1. The third-order valence-corrected chi connectivity index (χ3v) is 4.66. The van der Waals surface area contributed by atoms with Crippen molar-refractivity contribution in [1.82, 2.24) is 20.4 Å². The third-order valence-electron chi connectivity index (χ3n) is 4.66. The van der Waals surface area contributed by atoms with Gasteiger partial charge in [-0.15, -0.1) is 24.0 Å². The number of halogens is 2. The molecule has 0 atom stereocenters. The van der Waals surface area contributed by atoms with E-state index in [9.17, 15) is 4.39 Å². The molecule has 29 heavy (non-hydrogen) atoms. The second-order valence-corrected chi connectivity index (χ2v) is 6.92. The Bertz CT molecular complexity index is 979. The van der Waals surface area contributed by atoms with E-state index >= 15 is 0 Å². The number of hydrogen-bond donors (Lipinski definition) is 2. The highest BCUT2D eigenvalue weighted by atomic mass is 127. The van der Waals surface area contributed by atoms with E-state index in [-0.39, 0.29) is 29.8 Å². The largest absolute Gasteiger partial charge is 0.459 e. The van der Waals surface area contributed by atoms with Gasteiger partial charge in [-0.05, 0) is 58.4 Å². The number of benzene rings is 1. The first-order valence-electron chi connectivity index (χ1n) is 9.68. The Morgan fingerprint density at radius 3 is 2.69 bits per heavy atom. The summed E-state index contributed by atoms with van der Waals surface area (Å²) in [5.74, 6) is 1.23. The van der Waals surface area contributed by atoms with E-state index in [1.807, 2.05) is 25.5 Å². The SMILES string of the molecule is CCNC(=NCc1oc2ccc(F)cc2c1C)NCCCn1nc(C)cc1C.I. The molecule has 6 nitrogen and oxygen atoms in total. The number of rotatable bonds is 7. The predicted molar refractivity (Wildman–Crippen MR) is 125 cm³/mol. The Hall–Kier alpha value is -2.10. The van der Waals surface area contributed by atoms with E-state index in [1.165, 1.54) is 17.8 Å². The van der Waals surface area contributed by atoms with E-state index in [2.05, 4.69) is 33.7 Å². The van der Waals surface area contributed by atoms with Gasteiger partial charge in [-0.25, -0.2) is 9.38 Å². The first-order chi connectivity index (χ1) is 13.5. The zero-order valence-corrected chi connectivity index (χ0v) is 19.7. The number of aryl methyl sites for hydroxylation is 4. The van der Waals surface area contributed by atoms with Crippen LogP contribution in [-0.4, -0.2) is 28.8 Å². The highest BCUT2D eigenvalue weighted by Gasteiger charge is 2.11. The van der Waals surface area contributed by atoms with Crippen molar-refractivity contribution in [2.24, 2.45) is 4.99 Å². The summed E-state index contributed by atoms with van der Waals surface area (Å²) in [4.78, 5) is 4.61. The summed E-state index contributed by atoms with van der Waals surface area (Å²) in [7, 11) is 0. The molecule has 1 aromatic carbocycles. The molecule has 0 aliphatic heterocycles. The smallest absolute Gasteiger partial charge is 0.191 e. The molecule has 0 unspecified atom stereocenters. The number of fused-ring (bicyclic) bond motifs is 1. The van der Waals surface area contributed by atoms with Gasteiger partial charge in [0.05, 0.1) is 5.69 Å². The first-order valence-corrected chi connectivity index (χ1v) is 9.68. The van der Waals surface area contributed by atoms with Crippen molar-refractivity contribution >= 4 is 40.9 Å². The van der Waals surface area contributed by atoms with E-state index in [4.69, 9.17) is 4.42 Å². The molecule has 0 amide bonds. The highest BCUT2D eigenvalue weighted by molar-refractivity contribution is 14.0. The molecule has 8 heteroatoms. The minimum absolute atomic E-state index is 0. The van der Waals surface area contributed by atoms with Crippen molar-refractivity contribution in [3.05, 3.63) is 52.8 Å². The Balaban J connectivity index is 0.00000300. The highest BCUT2D eigenvalue weighted by Crippen LogP contribution is 2.26. The van der Waals surface area contributed by atoms with Crippen molar-refractivity contribution in [3.8, 4) is 0 Å². The van der Waals surface area contributed by atoms with Crippen LogP contribution in [0, 0.1) is 26.6 Å². The van der Waals surface area contributed by atoms with E-state index in [1.54, 1.807) is 6.07 Å². The van der Waals surface area contributed by atoms with Crippen LogP contribution in [-0.2, 0) is 13.1 Å². The van der Waals surface area contributed by atoms with Crippen molar-refractivity contribution in [3.63, 3.8) is 0 Å². The molecule has 158 valence electrons. The molecule has 3 rings (SSSR count). The standard InChI is InChI=1S/C21H28FN5O.HI/c1-5-23-21(24-9-6-10-27-15(3)11-14(2)26-27)25-13-20-16(4)18-12-17(22)7-8-19(18)28-20;/h7-8,11-12H,5-6,9-10,13H2,1-4H3,(H2,23,24,25);1H. The number of hydrogen-bond acceptors (Lipinski definition) is 3. The van der Waals surface area contributed by atoms with Gasteiger partial charge in [0.15, 0.2) is 5.96 Å². The van der Waals surface area contributed by atoms with Gasteiger partial charge in [0.25, 0.3) is 0 Å². The molecule has 0 saturated heterocycles. The molecular weight excluding hydrogens is 484 g/mol. The molecule has 2 heterocycles. The molecule has 0 spiro atoms. The summed E-state index contributed by atoms with van der Waals surface area (Å²) in [6.07, 6.45) is 0.940. The van der Waals surface area contributed by atoms with Gasteiger partial charge in [-0.1, -0.05) is 0 Å². The summed E-state index contributed by atoms with van der Waals surface area (Å²) in [5, 5.41) is 11.9. The van der Waals surface area contributed by atoms with Crippen molar-refractivity contribution in [1.29, 1.82) is 0 Å². The van der Waals surface area contributed by atoms with Crippen LogP contribution < -0.4 is 10.6 Å². The van der Waals surface area contributed by atoms with Gasteiger partial charge < -0.3 is 15.1 Å². The molecule has 0 saturated carbocycles. The number of nitrogens with one attached hydrogen (secondary N) is 2. The number of nitrogens with zero attached hydrogens (tertiary/aromatic N) is 3. The summed E-state index contributed by atoms with van der Waals surface area (Å²) < 4.78 is 21.3. The van der Waals surface area contributed by atoms with E-state index in [0.717, 1.165) is 54.4 Å². The predicted octanol–water partition coefficient (Wildman–Crippen LogP) is 4.46. The lowest BCUT2D eigenvalue weighted by Crippen LogP contribution is -2.38. The van der Waals surface area contributed by atoms with E-state index < -0.39 is 0 Å². The molecule has 0 aliphatic carbocycles. The van der Waals surface area contributed by atoms with Crippen LogP contribution in [0.4, 0.5) is 4.39 Å². The average Bonchev–Trinajstić information content (AvgIpc) is 3.15. The zero-order valence-electron chi connectivity index (χ0n) is 17.4. The van der Waals surface area contributed by atoms with Crippen LogP contribution in [0.2, 0.25) is 0 Å². The minimum Gasteiger partial charge on any atom is -0.459 e.